The van der Waals surface area contributed by atoms with Crippen LogP contribution in [0.2, 0.25) is 0 Å². The van der Waals surface area contributed by atoms with Crippen LogP contribution < -0.4 is 10.1 Å². The first-order chi connectivity index (χ1) is 14.8. The average molecular weight is 425 g/mol. The monoisotopic (exact) mass is 425 g/mol. The van der Waals surface area contributed by atoms with E-state index in [4.69, 9.17) is 4.74 Å². The molecule has 3 aromatic carbocycles. The Morgan fingerprint density at radius 1 is 0.935 bits per heavy atom. The van der Waals surface area contributed by atoms with Crippen molar-refractivity contribution in [2.45, 2.75) is 13.1 Å². The second kappa shape index (κ2) is 7.01. The van der Waals surface area contributed by atoms with Gasteiger partial charge >= 0.3 is 6.18 Å². The van der Waals surface area contributed by atoms with Crippen LogP contribution in [0.3, 0.4) is 0 Å². The molecular formula is C21H14F3N5O2. The number of halogens is 3. The van der Waals surface area contributed by atoms with Crippen LogP contribution in [0, 0.1) is 6.92 Å². The van der Waals surface area contributed by atoms with Crippen molar-refractivity contribution in [3.8, 4) is 11.5 Å². The molecule has 0 aliphatic heterocycles. The molecule has 0 spiro atoms. The molecule has 0 unspecified atom stereocenters. The van der Waals surface area contributed by atoms with Gasteiger partial charge in [-0.05, 0) is 71.3 Å². The lowest BCUT2D eigenvalue weighted by atomic mass is 10.1. The van der Waals surface area contributed by atoms with Crippen LogP contribution in [0.4, 0.5) is 24.8 Å². The fourth-order valence-corrected chi connectivity index (χ4v) is 3.22. The third-order valence-electron chi connectivity index (χ3n) is 4.68. The average Bonchev–Trinajstić information content (AvgIpc) is 3.35. The molecule has 7 nitrogen and oxygen atoms in total. The van der Waals surface area contributed by atoms with Crippen molar-refractivity contribution >= 4 is 33.7 Å². The zero-order valence-electron chi connectivity index (χ0n) is 16.0. The highest BCUT2D eigenvalue weighted by atomic mass is 19.4. The zero-order chi connectivity index (χ0) is 21.6. The first-order valence-electron chi connectivity index (χ1n) is 9.20. The number of hydrogen-bond acceptors (Lipinski definition) is 6. The van der Waals surface area contributed by atoms with E-state index in [0.29, 0.717) is 50.8 Å². The van der Waals surface area contributed by atoms with Crippen molar-refractivity contribution < 1.29 is 22.5 Å². The van der Waals surface area contributed by atoms with Crippen LogP contribution in [0.1, 0.15) is 11.1 Å². The van der Waals surface area contributed by atoms with Gasteiger partial charge in [0.15, 0.2) is 0 Å². The van der Waals surface area contributed by atoms with Gasteiger partial charge in [0.05, 0.1) is 16.6 Å². The maximum atomic E-state index is 13.0. The van der Waals surface area contributed by atoms with Gasteiger partial charge < -0.3 is 15.0 Å². The third-order valence-corrected chi connectivity index (χ3v) is 4.68. The van der Waals surface area contributed by atoms with Crippen molar-refractivity contribution in [3.05, 3.63) is 65.7 Å². The summed E-state index contributed by atoms with van der Waals surface area (Å²) in [5.74, 6) is 1.52. The van der Waals surface area contributed by atoms with Gasteiger partial charge in [-0.2, -0.15) is 13.2 Å². The molecular weight excluding hydrogens is 411 g/mol. The van der Waals surface area contributed by atoms with Crippen LogP contribution in [0.25, 0.3) is 22.1 Å². The summed E-state index contributed by atoms with van der Waals surface area (Å²) in [5.41, 5.74) is 2.43. The van der Waals surface area contributed by atoms with Gasteiger partial charge in [0.1, 0.15) is 22.5 Å². The zero-order valence-corrected chi connectivity index (χ0v) is 16.0. The molecule has 0 atom stereocenters. The number of hydrogen-bond donors (Lipinski definition) is 2. The lowest BCUT2D eigenvalue weighted by molar-refractivity contribution is -0.137. The number of nitrogens with one attached hydrogen (secondary N) is 2. The second-order valence-electron chi connectivity index (χ2n) is 6.94. The molecule has 10 heteroatoms. The number of H-pyrrole nitrogens is 1. The van der Waals surface area contributed by atoms with Crippen LogP contribution in [0.15, 0.2) is 59.2 Å². The molecule has 31 heavy (non-hydrogen) atoms. The van der Waals surface area contributed by atoms with Gasteiger partial charge in [0.2, 0.25) is 5.95 Å². The van der Waals surface area contributed by atoms with Crippen molar-refractivity contribution in [3.63, 3.8) is 0 Å². The van der Waals surface area contributed by atoms with Crippen molar-refractivity contribution in [1.29, 1.82) is 0 Å². The number of anilines is 2. The molecule has 2 N–H and O–H groups in total. The van der Waals surface area contributed by atoms with Gasteiger partial charge in [-0.1, -0.05) is 0 Å². The lowest BCUT2D eigenvalue weighted by Gasteiger charge is -2.07. The predicted octanol–water partition coefficient (Wildman–Crippen LogP) is 5.96. The molecule has 2 heterocycles. The van der Waals surface area contributed by atoms with Gasteiger partial charge in [0, 0.05) is 11.8 Å². The number of rotatable bonds is 4. The summed E-state index contributed by atoms with van der Waals surface area (Å²) in [7, 11) is 0. The Kier molecular flexibility index (Phi) is 4.28. The summed E-state index contributed by atoms with van der Waals surface area (Å²) in [5, 5.41) is 10.6. The van der Waals surface area contributed by atoms with Gasteiger partial charge in [-0.25, -0.2) is 9.61 Å². The van der Waals surface area contributed by atoms with E-state index in [1.807, 2.05) is 0 Å². The Morgan fingerprint density at radius 3 is 2.45 bits per heavy atom. The molecule has 0 bridgehead atoms. The summed E-state index contributed by atoms with van der Waals surface area (Å²) in [6.45, 7) is 1.60. The van der Waals surface area contributed by atoms with Crippen LogP contribution in [0.5, 0.6) is 11.5 Å². The molecule has 0 aliphatic carbocycles. The van der Waals surface area contributed by atoms with E-state index < -0.39 is 11.7 Å². The molecule has 2 aromatic heterocycles. The maximum Gasteiger partial charge on any atom is 0.416 e. The van der Waals surface area contributed by atoms with E-state index in [1.54, 1.807) is 49.4 Å². The third kappa shape index (κ3) is 3.75. The number of ether oxygens (including phenoxy) is 1. The number of aryl methyl sites for hydroxylation is 1. The quantitative estimate of drug-likeness (QED) is 0.369. The van der Waals surface area contributed by atoms with Crippen LogP contribution in [-0.4, -0.2) is 20.3 Å². The lowest BCUT2D eigenvalue weighted by Crippen LogP contribution is -2.05. The molecule has 0 fully saturated rings. The fraction of sp³-hybridized carbons (Fsp3) is 0.0952. The molecule has 5 aromatic rings. The highest BCUT2D eigenvalue weighted by Gasteiger charge is 2.31. The van der Waals surface area contributed by atoms with E-state index in [9.17, 15) is 13.2 Å². The smallest absolute Gasteiger partial charge is 0.416 e. The molecule has 0 saturated heterocycles. The summed E-state index contributed by atoms with van der Waals surface area (Å²) in [6.07, 6.45) is -4.41. The summed E-state index contributed by atoms with van der Waals surface area (Å²) in [4.78, 5) is 7.25. The first kappa shape index (κ1) is 18.9. The van der Waals surface area contributed by atoms with Crippen molar-refractivity contribution in [2.75, 3.05) is 5.32 Å². The van der Waals surface area contributed by atoms with Crippen LogP contribution in [-0.2, 0) is 6.18 Å². The minimum absolute atomic E-state index is 0.313. The Morgan fingerprint density at radius 2 is 1.68 bits per heavy atom. The predicted molar refractivity (Wildman–Crippen MR) is 107 cm³/mol. The molecule has 0 saturated carbocycles. The molecule has 0 aliphatic rings. The summed E-state index contributed by atoms with van der Waals surface area (Å²) >= 11 is 0. The van der Waals surface area contributed by atoms with E-state index in [0.717, 1.165) is 12.1 Å². The van der Waals surface area contributed by atoms with E-state index in [1.165, 1.54) is 0 Å². The second-order valence-corrected chi connectivity index (χ2v) is 6.94. The van der Waals surface area contributed by atoms with Crippen molar-refractivity contribution in [2.24, 2.45) is 0 Å². The Hall–Kier alpha value is -4.08. The SMILES string of the molecule is Cc1cc(C(F)(F)F)cc2[nH]c(Nc3ccc(Oc4ccc5nonc5c4)cc3)nc12. The van der Waals surface area contributed by atoms with Gasteiger partial charge in [-0.15, -0.1) is 0 Å². The maximum absolute atomic E-state index is 13.0. The number of imidazole rings is 1. The highest BCUT2D eigenvalue weighted by molar-refractivity contribution is 5.82. The highest BCUT2D eigenvalue weighted by Crippen LogP contribution is 2.33. The summed E-state index contributed by atoms with van der Waals surface area (Å²) in [6, 6.07) is 14.4. The van der Waals surface area contributed by atoms with Gasteiger partial charge in [0.25, 0.3) is 0 Å². The Balaban J connectivity index is 1.34. The van der Waals surface area contributed by atoms with E-state index in [2.05, 4.69) is 30.2 Å². The molecule has 0 radical (unpaired) electrons. The van der Waals surface area contributed by atoms with Crippen molar-refractivity contribution in [1.82, 2.24) is 20.3 Å². The number of aromatic nitrogens is 4. The molecule has 0 amide bonds. The minimum Gasteiger partial charge on any atom is -0.457 e. The Bertz CT molecular complexity index is 1390. The minimum atomic E-state index is -4.41. The number of alkyl halides is 3. The molecule has 5 rings (SSSR count). The topological polar surface area (TPSA) is 88.9 Å². The van der Waals surface area contributed by atoms with Crippen LogP contribution >= 0.6 is 0 Å². The first-order valence-corrected chi connectivity index (χ1v) is 9.20. The fourth-order valence-electron chi connectivity index (χ4n) is 3.22. The van der Waals surface area contributed by atoms with Gasteiger partial charge in [-0.3, -0.25) is 0 Å². The van der Waals surface area contributed by atoms with E-state index >= 15 is 0 Å². The number of benzene rings is 3. The number of fused-ring (bicyclic) bond motifs is 2. The molecule has 156 valence electrons. The largest absolute Gasteiger partial charge is 0.457 e. The number of nitrogens with zero attached hydrogens (tertiary/aromatic N) is 3. The number of aromatic amines is 1. The Labute approximate surface area is 172 Å². The summed E-state index contributed by atoms with van der Waals surface area (Å²) < 4.78 is 49.6. The standard InChI is InChI=1S/C21H14F3N5O2/c1-11-8-12(21(22,23)24)9-18-19(11)27-20(26-18)25-13-2-4-14(5-3-13)30-15-6-7-16-17(10-15)29-31-28-16/h2-10H,1H3,(H2,25,26,27). The van der Waals surface area contributed by atoms with E-state index in [-0.39, 0.29) is 0 Å². The normalized spacial score (nSPS) is 11.9.